The predicted octanol–water partition coefficient (Wildman–Crippen LogP) is -0.201. The minimum Gasteiger partial charge on any atom is -0.508 e. The van der Waals surface area contributed by atoms with Crippen LogP contribution in [0.5, 0.6) is 5.75 Å². The van der Waals surface area contributed by atoms with Gasteiger partial charge in [0.25, 0.3) is 5.91 Å². The molecule has 2 amide bonds. The number of hydrogen-bond acceptors (Lipinski definition) is 10. The number of halogens is 1. The van der Waals surface area contributed by atoms with Gasteiger partial charge in [-0.1, -0.05) is 0 Å². The number of primary amides is 2. The number of phenols is 1. The van der Waals surface area contributed by atoms with Crippen molar-refractivity contribution in [3.8, 4) is 5.75 Å². The molecular weight excluding hydrogens is 527 g/mol. The first-order valence-electron chi connectivity index (χ1n) is 12.6. The molecule has 0 saturated heterocycles. The number of nitrogens with zero attached hydrogens (tertiary/aromatic N) is 2. The maximum Gasteiger partial charge on any atom is 0.255 e. The summed E-state index contributed by atoms with van der Waals surface area (Å²) in [4.78, 5) is 53.7. The van der Waals surface area contributed by atoms with Gasteiger partial charge in [0.15, 0.2) is 11.4 Å². The number of rotatable bonds is 6. The largest absolute Gasteiger partial charge is 0.508 e. The molecule has 0 unspecified atom stereocenters. The number of aromatic hydroxyl groups is 1. The van der Waals surface area contributed by atoms with Crippen LogP contribution in [0.25, 0.3) is 5.76 Å². The summed E-state index contributed by atoms with van der Waals surface area (Å²) in [5.74, 6) is -9.53. The quantitative estimate of drug-likeness (QED) is 0.252. The molecule has 8 N–H and O–H groups in total. The Labute approximate surface area is 229 Å². The van der Waals surface area contributed by atoms with Crippen LogP contribution in [0.1, 0.15) is 37.0 Å². The first-order chi connectivity index (χ1) is 18.4. The minimum absolute atomic E-state index is 0.00801. The Bertz CT molecular complexity index is 1430. The monoisotopic (exact) mass is 560 g/mol. The van der Waals surface area contributed by atoms with Gasteiger partial charge in [-0.3, -0.25) is 29.0 Å². The number of Topliss-reactive ketones (excluding diaryl/α,β-unsaturated/α-hetero) is 2. The average molecular weight is 561 g/mol. The zero-order chi connectivity index (χ0) is 30.2. The van der Waals surface area contributed by atoms with Crippen molar-refractivity contribution in [3.05, 3.63) is 45.5 Å². The van der Waals surface area contributed by atoms with Crippen molar-refractivity contribution in [2.45, 2.75) is 50.4 Å². The highest BCUT2D eigenvalue weighted by atomic mass is 19.1. The van der Waals surface area contributed by atoms with E-state index in [-0.39, 0.29) is 41.6 Å². The smallest absolute Gasteiger partial charge is 0.255 e. The van der Waals surface area contributed by atoms with Crippen LogP contribution in [0.3, 0.4) is 0 Å². The van der Waals surface area contributed by atoms with Gasteiger partial charge < -0.3 is 31.9 Å². The lowest BCUT2D eigenvalue weighted by molar-refractivity contribution is -0.153. The van der Waals surface area contributed by atoms with Crippen LogP contribution in [0.15, 0.2) is 23.0 Å². The van der Waals surface area contributed by atoms with Gasteiger partial charge in [0, 0.05) is 29.2 Å². The zero-order valence-electron chi connectivity index (χ0n) is 22.8. The fraction of sp³-hybridized carbons (Fsp3) is 0.481. The third kappa shape index (κ3) is 3.91. The van der Waals surface area contributed by atoms with Gasteiger partial charge in [0.05, 0.1) is 17.1 Å². The Morgan fingerprint density at radius 3 is 2.27 bits per heavy atom. The van der Waals surface area contributed by atoms with Crippen molar-refractivity contribution >= 4 is 29.1 Å². The van der Waals surface area contributed by atoms with Gasteiger partial charge in [0.1, 0.15) is 28.7 Å². The third-order valence-corrected chi connectivity index (χ3v) is 8.69. The number of carbonyl (C=O) groups is 4. The van der Waals surface area contributed by atoms with Gasteiger partial charge in [0.2, 0.25) is 11.7 Å². The highest BCUT2D eigenvalue weighted by Gasteiger charge is 2.64. The normalized spacial score (nSPS) is 26.7. The molecule has 4 rings (SSSR count). The van der Waals surface area contributed by atoms with Crippen LogP contribution < -0.4 is 11.5 Å². The lowest BCUT2D eigenvalue weighted by Crippen LogP contribution is -2.65. The summed E-state index contributed by atoms with van der Waals surface area (Å²) in [7, 11) is 4.53. The van der Waals surface area contributed by atoms with Crippen LogP contribution in [-0.4, -0.2) is 91.9 Å². The maximum atomic E-state index is 15.9. The molecule has 0 radical (unpaired) electrons. The van der Waals surface area contributed by atoms with Gasteiger partial charge in [-0.15, -0.1) is 0 Å². The Balaban J connectivity index is 1.88. The Morgan fingerprint density at radius 2 is 1.75 bits per heavy atom. The Hall–Kier alpha value is -3.81. The molecule has 3 aliphatic carbocycles. The molecule has 3 aliphatic rings. The number of amides is 2. The van der Waals surface area contributed by atoms with Crippen LogP contribution >= 0.6 is 0 Å². The third-order valence-electron chi connectivity index (χ3n) is 8.69. The van der Waals surface area contributed by atoms with Crippen molar-refractivity contribution in [3.63, 3.8) is 0 Å². The van der Waals surface area contributed by atoms with E-state index in [1.54, 1.807) is 20.9 Å². The second kappa shape index (κ2) is 9.39. The first kappa shape index (κ1) is 29.2. The molecule has 12 nitrogen and oxygen atoms in total. The molecule has 1 aromatic rings. The number of aliphatic hydroxyl groups is 3. The molecule has 0 bridgehead atoms. The molecule has 4 atom stereocenters. The Morgan fingerprint density at radius 1 is 1.15 bits per heavy atom. The number of nitrogens with two attached hydrogens (primary N) is 2. The average Bonchev–Trinajstić information content (AvgIpc) is 2.83. The number of benzene rings is 1. The zero-order valence-corrected chi connectivity index (χ0v) is 22.8. The van der Waals surface area contributed by atoms with Gasteiger partial charge >= 0.3 is 0 Å². The molecule has 216 valence electrons. The number of fused-ring (bicyclic) bond motifs is 3. The van der Waals surface area contributed by atoms with Crippen molar-refractivity contribution in [1.82, 2.24) is 9.80 Å². The van der Waals surface area contributed by atoms with E-state index in [0.29, 0.717) is 0 Å². The number of hydrogen-bond donors (Lipinski definition) is 6. The van der Waals surface area contributed by atoms with E-state index in [1.807, 2.05) is 0 Å². The number of phenolic OH excluding ortho intramolecular Hbond substituents is 1. The van der Waals surface area contributed by atoms with Crippen LogP contribution in [0, 0.1) is 17.7 Å². The van der Waals surface area contributed by atoms with Crippen molar-refractivity contribution < 1.29 is 44.0 Å². The highest BCUT2D eigenvalue weighted by Crippen LogP contribution is 2.53. The van der Waals surface area contributed by atoms with Crippen LogP contribution in [0.4, 0.5) is 4.39 Å². The molecule has 0 aromatic heterocycles. The van der Waals surface area contributed by atoms with E-state index in [4.69, 9.17) is 11.5 Å². The molecule has 0 heterocycles. The van der Waals surface area contributed by atoms with E-state index in [1.165, 1.54) is 23.9 Å². The van der Waals surface area contributed by atoms with Crippen LogP contribution in [0.2, 0.25) is 0 Å². The van der Waals surface area contributed by atoms with Crippen molar-refractivity contribution in [2.75, 3.05) is 21.1 Å². The molecule has 1 saturated carbocycles. The lowest BCUT2D eigenvalue weighted by atomic mass is 9.57. The number of carbonyl (C=O) groups excluding carboxylic acids is 4. The molecule has 40 heavy (non-hydrogen) atoms. The minimum atomic E-state index is -2.78. The standard InChI is InChI=1S/C27H33FN4O8/c1-26(2,25(30)39)32(5)9-11-8-14(33)16-12(18(11)28)6-10-7-13-19(31(3)4)21(35)17(24(29)38)23(37)27(13,40)22(36)15(10)20(16)34/h8,10,13,19,33-34,37,40H,6-7,9H2,1-5H3,(H2,29,38)(H2,30,39)/t10-,13-,19-,27-/m0/s1. The van der Waals surface area contributed by atoms with E-state index >= 15 is 4.39 Å². The van der Waals surface area contributed by atoms with Gasteiger partial charge in [-0.2, -0.15) is 0 Å². The molecule has 13 heteroatoms. The topological polar surface area (TPSA) is 208 Å². The Kier molecular flexibility index (Phi) is 6.85. The van der Waals surface area contributed by atoms with E-state index in [9.17, 15) is 39.6 Å². The summed E-state index contributed by atoms with van der Waals surface area (Å²) >= 11 is 0. The second-order valence-corrected chi connectivity index (χ2v) is 11.5. The predicted molar refractivity (Wildman–Crippen MR) is 139 cm³/mol. The molecule has 1 fully saturated rings. The molecule has 1 aromatic carbocycles. The fourth-order valence-corrected chi connectivity index (χ4v) is 6.10. The number of likely N-dealkylation sites (N-methyl/N-ethyl adjacent to an activating group) is 2. The SMILES string of the molecule is CN(C)[C@@H]1C(=O)C(C(N)=O)=C(O)[C@@]2(O)C(=O)C3=C(O)c4c(O)cc(CN(C)C(C)(C)C(N)=O)c(F)c4C[C@H]3C[C@@H]12. The summed E-state index contributed by atoms with van der Waals surface area (Å²) in [5, 5.41) is 44.5. The van der Waals surface area contributed by atoms with Crippen molar-refractivity contribution in [2.24, 2.45) is 23.3 Å². The summed E-state index contributed by atoms with van der Waals surface area (Å²) in [6, 6.07) is -0.181. The highest BCUT2D eigenvalue weighted by molar-refractivity contribution is 6.24. The summed E-state index contributed by atoms with van der Waals surface area (Å²) < 4.78 is 15.9. The number of ketones is 2. The maximum absolute atomic E-state index is 15.9. The summed E-state index contributed by atoms with van der Waals surface area (Å²) in [5.41, 5.74) is 5.11. The molecular formula is C27H33FN4O8. The summed E-state index contributed by atoms with van der Waals surface area (Å²) in [6.45, 7) is 2.99. The van der Waals surface area contributed by atoms with Crippen molar-refractivity contribution in [1.29, 1.82) is 0 Å². The summed E-state index contributed by atoms with van der Waals surface area (Å²) in [6.07, 6.45) is -0.352. The molecule has 0 spiro atoms. The number of aliphatic hydroxyl groups excluding tert-OH is 2. The van der Waals surface area contributed by atoms with Crippen LogP contribution in [-0.2, 0) is 32.1 Å². The van der Waals surface area contributed by atoms with Gasteiger partial charge in [-0.25, -0.2) is 4.39 Å². The first-order valence-corrected chi connectivity index (χ1v) is 12.6. The van der Waals surface area contributed by atoms with E-state index < -0.39 is 81.1 Å². The van der Waals surface area contributed by atoms with Gasteiger partial charge in [-0.05, 0) is 59.8 Å². The fourth-order valence-electron chi connectivity index (χ4n) is 6.10. The van der Waals surface area contributed by atoms with E-state index in [0.717, 1.165) is 6.07 Å². The van der Waals surface area contributed by atoms with E-state index in [2.05, 4.69) is 0 Å². The second-order valence-electron chi connectivity index (χ2n) is 11.5. The lowest BCUT2D eigenvalue weighted by Gasteiger charge is -2.50. The molecule has 0 aliphatic heterocycles.